The summed E-state index contributed by atoms with van der Waals surface area (Å²) in [5, 5.41) is 0. The van der Waals surface area contributed by atoms with E-state index in [1.54, 1.807) is 18.2 Å². The molecule has 0 spiro atoms. The molecule has 4 heteroatoms. The van der Waals surface area contributed by atoms with Crippen LogP contribution in [0.1, 0.15) is 36.0 Å². The van der Waals surface area contributed by atoms with Crippen LogP contribution >= 0.6 is 0 Å². The number of nitrogens with two attached hydrogens (primary N) is 1. The molecular formula is C13H17NO3. The lowest BCUT2D eigenvalue weighted by atomic mass is 10.1. The molecule has 1 aliphatic carbocycles. The van der Waals surface area contributed by atoms with Gasteiger partial charge in [-0.2, -0.15) is 0 Å². The van der Waals surface area contributed by atoms with Crippen LogP contribution in [0.2, 0.25) is 0 Å². The summed E-state index contributed by atoms with van der Waals surface area (Å²) in [6, 6.07) is 5.13. The Kier molecular flexibility index (Phi) is 3.52. The SMILES string of the molecule is COC(=O)c1cccc(N)c1OC1CCCC1. The summed E-state index contributed by atoms with van der Waals surface area (Å²) in [6.45, 7) is 0. The highest BCUT2D eigenvalue weighted by atomic mass is 16.5. The van der Waals surface area contributed by atoms with Gasteiger partial charge in [-0.15, -0.1) is 0 Å². The Morgan fingerprint density at radius 1 is 1.35 bits per heavy atom. The second-order valence-corrected chi connectivity index (χ2v) is 4.24. The lowest BCUT2D eigenvalue weighted by Crippen LogP contribution is -2.15. The van der Waals surface area contributed by atoms with Gasteiger partial charge in [0.15, 0.2) is 5.75 Å². The lowest BCUT2D eigenvalue weighted by Gasteiger charge is -2.17. The Balaban J connectivity index is 2.26. The number of hydrogen-bond acceptors (Lipinski definition) is 4. The van der Waals surface area contributed by atoms with Crippen LogP contribution in [0.25, 0.3) is 0 Å². The van der Waals surface area contributed by atoms with Crippen LogP contribution in [-0.4, -0.2) is 19.2 Å². The average Bonchev–Trinajstić information content (AvgIpc) is 2.83. The van der Waals surface area contributed by atoms with E-state index in [9.17, 15) is 4.79 Å². The highest BCUT2D eigenvalue weighted by Crippen LogP contribution is 2.31. The number of ether oxygens (including phenoxy) is 2. The van der Waals surface area contributed by atoms with E-state index in [4.69, 9.17) is 15.2 Å². The number of nitrogen functional groups attached to an aromatic ring is 1. The highest BCUT2D eigenvalue weighted by Gasteiger charge is 2.22. The first-order chi connectivity index (χ1) is 8.22. The number of methoxy groups -OCH3 is 1. The number of anilines is 1. The Morgan fingerprint density at radius 3 is 2.71 bits per heavy atom. The summed E-state index contributed by atoms with van der Waals surface area (Å²) in [4.78, 5) is 11.6. The zero-order valence-electron chi connectivity index (χ0n) is 9.94. The normalized spacial score (nSPS) is 15.8. The number of benzene rings is 1. The molecule has 92 valence electrons. The summed E-state index contributed by atoms with van der Waals surface area (Å²) in [5.41, 5.74) is 6.75. The number of hydrogen-bond donors (Lipinski definition) is 1. The summed E-state index contributed by atoms with van der Waals surface area (Å²) in [5.74, 6) is 0.0524. The Labute approximate surface area is 101 Å². The molecule has 1 saturated carbocycles. The van der Waals surface area contributed by atoms with E-state index in [1.165, 1.54) is 20.0 Å². The van der Waals surface area contributed by atoms with Crippen molar-refractivity contribution in [3.05, 3.63) is 23.8 Å². The molecule has 0 heterocycles. The van der Waals surface area contributed by atoms with Crippen molar-refractivity contribution >= 4 is 11.7 Å². The minimum absolute atomic E-state index is 0.170. The maximum absolute atomic E-state index is 11.6. The predicted octanol–water partition coefficient (Wildman–Crippen LogP) is 2.38. The van der Waals surface area contributed by atoms with Crippen molar-refractivity contribution in [1.29, 1.82) is 0 Å². The van der Waals surface area contributed by atoms with E-state index in [1.807, 2.05) is 0 Å². The van der Waals surface area contributed by atoms with Crippen LogP contribution in [0.5, 0.6) is 5.75 Å². The molecule has 0 aromatic heterocycles. The van der Waals surface area contributed by atoms with Gasteiger partial charge in [0.1, 0.15) is 5.56 Å². The van der Waals surface area contributed by atoms with Crippen molar-refractivity contribution in [2.24, 2.45) is 0 Å². The van der Waals surface area contributed by atoms with E-state index in [0.29, 0.717) is 17.0 Å². The molecule has 4 nitrogen and oxygen atoms in total. The first-order valence-corrected chi connectivity index (χ1v) is 5.86. The fourth-order valence-electron chi connectivity index (χ4n) is 2.13. The average molecular weight is 235 g/mol. The summed E-state index contributed by atoms with van der Waals surface area (Å²) in [6.07, 6.45) is 4.56. The second kappa shape index (κ2) is 5.08. The van der Waals surface area contributed by atoms with Crippen LogP contribution in [0.4, 0.5) is 5.69 Å². The minimum atomic E-state index is -0.412. The van der Waals surface area contributed by atoms with Gasteiger partial charge in [0.2, 0.25) is 0 Å². The molecule has 0 atom stereocenters. The molecule has 0 bridgehead atoms. The molecule has 1 aromatic carbocycles. The van der Waals surface area contributed by atoms with Crippen molar-refractivity contribution in [1.82, 2.24) is 0 Å². The van der Waals surface area contributed by atoms with Crippen molar-refractivity contribution in [2.45, 2.75) is 31.8 Å². The van der Waals surface area contributed by atoms with E-state index >= 15 is 0 Å². The first-order valence-electron chi connectivity index (χ1n) is 5.86. The number of para-hydroxylation sites is 1. The van der Waals surface area contributed by atoms with Gasteiger partial charge in [-0.1, -0.05) is 6.07 Å². The van der Waals surface area contributed by atoms with Crippen LogP contribution in [0.3, 0.4) is 0 Å². The standard InChI is InChI=1S/C13H17NO3/c1-16-13(15)10-7-4-8-11(14)12(10)17-9-5-2-3-6-9/h4,7-9H,2-3,5-6,14H2,1H3. The van der Waals surface area contributed by atoms with Gasteiger partial charge < -0.3 is 15.2 Å². The van der Waals surface area contributed by atoms with Crippen molar-refractivity contribution in [3.8, 4) is 5.75 Å². The topological polar surface area (TPSA) is 61.5 Å². The van der Waals surface area contributed by atoms with Gasteiger partial charge in [0.05, 0.1) is 18.9 Å². The first kappa shape index (κ1) is 11.8. The summed E-state index contributed by atoms with van der Waals surface area (Å²) < 4.78 is 10.6. The summed E-state index contributed by atoms with van der Waals surface area (Å²) in [7, 11) is 1.35. The smallest absolute Gasteiger partial charge is 0.341 e. The second-order valence-electron chi connectivity index (χ2n) is 4.24. The number of rotatable bonds is 3. The van der Waals surface area contributed by atoms with Gasteiger partial charge in [-0.3, -0.25) is 0 Å². The van der Waals surface area contributed by atoms with Crippen LogP contribution in [0.15, 0.2) is 18.2 Å². The van der Waals surface area contributed by atoms with Crippen molar-refractivity contribution in [2.75, 3.05) is 12.8 Å². The van der Waals surface area contributed by atoms with E-state index in [0.717, 1.165) is 12.8 Å². The quantitative estimate of drug-likeness (QED) is 0.645. The third-order valence-electron chi connectivity index (χ3n) is 3.04. The number of carbonyl (C=O) groups is 1. The molecule has 0 aliphatic heterocycles. The molecule has 0 radical (unpaired) electrons. The highest BCUT2D eigenvalue weighted by molar-refractivity contribution is 5.94. The summed E-state index contributed by atoms with van der Waals surface area (Å²) >= 11 is 0. The Hall–Kier alpha value is -1.71. The third-order valence-corrected chi connectivity index (χ3v) is 3.04. The van der Waals surface area contributed by atoms with Crippen LogP contribution in [-0.2, 0) is 4.74 Å². The molecule has 2 rings (SSSR count). The van der Waals surface area contributed by atoms with E-state index < -0.39 is 5.97 Å². The molecule has 0 unspecified atom stereocenters. The van der Waals surface area contributed by atoms with Gasteiger partial charge in [0, 0.05) is 0 Å². The maximum Gasteiger partial charge on any atom is 0.341 e. The van der Waals surface area contributed by atoms with E-state index in [2.05, 4.69) is 0 Å². The monoisotopic (exact) mass is 235 g/mol. The fourth-order valence-corrected chi connectivity index (χ4v) is 2.13. The lowest BCUT2D eigenvalue weighted by molar-refractivity contribution is 0.0593. The van der Waals surface area contributed by atoms with Crippen molar-refractivity contribution < 1.29 is 14.3 Å². The van der Waals surface area contributed by atoms with Gasteiger partial charge in [-0.25, -0.2) is 4.79 Å². The molecule has 1 aliphatic rings. The van der Waals surface area contributed by atoms with Crippen LogP contribution in [0, 0.1) is 0 Å². The maximum atomic E-state index is 11.6. The molecule has 1 aromatic rings. The molecular weight excluding hydrogens is 218 g/mol. The zero-order chi connectivity index (χ0) is 12.3. The van der Waals surface area contributed by atoms with Crippen molar-refractivity contribution in [3.63, 3.8) is 0 Å². The molecule has 0 saturated heterocycles. The van der Waals surface area contributed by atoms with Crippen LogP contribution < -0.4 is 10.5 Å². The molecule has 1 fully saturated rings. The van der Waals surface area contributed by atoms with Gasteiger partial charge >= 0.3 is 5.97 Å². The third kappa shape index (κ3) is 2.52. The Bertz CT molecular complexity index is 411. The zero-order valence-corrected chi connectivity index (χ0v) is 9.94. The largest absolute Gasteiger partial charge is 0.487 e. The van der Waals surface area contributed by atoms with Gasteiger partial charge in [0.25, 0.3) is 0 Å². The van der Waals surface area contributed by atoms with Gasteiger partial charge in [-0.05, 0) is 37.8 Å². The number of carbonyl (C=O) groups excluding carboxylic acids is 1. The van der Waals surface area contributed by atoms with E-state index in [-0.39, 0.29) is 6.10 Å². The minimum Gasteiger partial charge on any atom is -0.487 e. The Morgan fingerprint density at radius 2 is 2.06 bits per heavy atom. The number of esters is 1. The predicted molar refractivity (Wildman–Crippen MR) is 65.1 cm³/mol. The molecule has 17 heavy (non-hydrogen) atoms. The molecule has 2 N–H and O–H groups in total. The fraction of sp³-hybridized carbons (Fsp3) is 0.462. The molecule has 0 amide bonds.